The minimum Gasteiger partial charge on any atom is -0.355 e. The van der Waals surface area contributed by atoms with Crippen LogP contribution in [-0.2, 0) is 9.59 Å². The van der Waals surface area contributed by atoms with Crippen LogP contribution in [0.3, 0.4) is 0 Å². The zero-order chi connectivity index (χ0) is 19.6. The van der Waals surface area contributed by atoms with E-state index < -0.39 is 0 Å². The molecule has 144 valence electrons. The summed E-state index contributed by atoms with van der Waals surface area (Å²) in [5.74, 6) is 0.194. The van der Waals surface area contributed by atoms with E-state index in [1.54, 1.807) is 23.0 Å². The van der Waals surface area contributed by atoms with Gasteiger partial charge in [-0.15, -0.1) is 0 Å². The molecule has 1 fully saturated rings. The number of nitrogens with zero attached hydrogens (tertiary/aromatic N) is 2. The van der Waals surface area contributed by atoms with E-state index in [1.807, 2.05) is 20.8 Å². The predicted molar refractivity (Wildman–Crippen MR) is 99.7 cm³/mol. The third-order valence-electron chi connectivity index (χ3n) is 5.06. The van der Waals surface area contributed by atoms with Gasteiger partial charge in [0.05, 0.1) is 17.9 Å². The Hall–Kier alpha value is -2.70. The summed E-state index contributed by atoms with van der Waals surface area (Å²) in [6, 6.07) is 5.87. The molecule has 0 aliphatic heterocycles. The molecule has 2 aromatic rings. The molecule has 0 radical (unpaired) electrons. The molecule has 3 rings (SSSR count). The Bertz CT molecular complexity index is 831. The van der Waals surface area contributed by atoms with Crippen LogP contribution in [0.15, 0.2) is 30.5 Å². The molecule has 1 aliphatic rings. The van der Waals surface area contributed by atoms with Crippen molar-refractivity contribution < 1.29 is 14.0 Å². The van der Waals surface area contributed by atoms with Gasteiger partial charge in [-0.1, -0.05) is 6.92 Å². The average Bonchev–Trinajstić information content (AvgIpc) is 3.23. The van der Waals surface area contributed by atoms with Crippen molar-refractivity contribution in [1.29, 1.82) is 0 Å². The lowest BCUT2D eigenvalue weighted by molar-refractivity contribution is -0.123. The maximum atomic E-state index is 13.1. The summed E-state index contributed by atoms with van der Waals surface area (Å²) in [6.45, 7) is 6.19. The van der Waals surface area contributed by atoms with Crippen molar-refractivity contribution in [3.05, 3.63) is 47.5 Å². The van der Waals surface area contributed by atoms with Crippen molar-refractivity contribution in [3.8, 4) is 5.69 Å². The molecule has 1 aromatic carbocycles. The van der Waals surface area contributed by atoms with Gasteiger partial charge in [0, 0.05) is 30.1 Å². The molecule has 27 heavy (non-hydrogen) atoms. The van der Waals surface area contributed by atoms with Gasteiger partial charge in [0.1, 0.15) is 5.82 Å². The van der Waals surface area contributed by atoms with Gasteiger partial charge in [0.15, 0.2) is 0 Å². The first-order chi connectivity index (χ1) is 12.9. The van der Waals surface area contributed by atoms with Crippen molar-refractivity contribution in [2.75, 3.05) is 6.54 Å². The molecule has 2 amide bonds. The van der Waals surface area contributed by atoms with Crippen molar-refractivity contribution in [3.63, 3.8) is 0 Å². The number of hydrogen-bond donors (Lipinski definition) is 2. The molecular formula is C20H25FN4O2. The summed E-state index contributed by atoms with van der Waals surface area (Å²) in [5.41, 5.74) is 2.53. The predicted octanol–water partition coefficient (Wildman–Crippen LogP) is 2.66. The summed E-state index contributed by atoms with van der Waals surface area (Å²) in [7, 11) is 0. The highest BCUT2D eigenvalue weighted by Gasteiger charge is 2.38. The number of amides is 2. The zero-order valence-corrected chi connectivity index (χ0v) is 15.8. The topological polar surface area (TPSA) is 76.0 Å². The summed E-state index contributed by atoms with van der Waals surface area (Å²) in [6.07, 6.45) is 2.88. The summed E-state index contributed by atoms with van der Waals surface area (Å²) in [4.78, 5) is 23.9. The number of hydrogen-bond acceptors (Lipinski definition) is 3. The monoisotopic (exact) mass is 372 g/mol. The Morgan fingerprint density at radius 1 is 1.33 bits per heavy atom. The highest BCUT2D eigenvalue weighted by Crippen LogP contribution is 2.37. The largest absolute Gasteiger partial charge is 0.355 e. The average molecular weight is 372 g/mol. The first-order valence-corrected chi connectivity index (χ1v) is 9.24. The Labute approximate surface area is 158 Å². The molecule has 3 atom stereocenters. The minimum atomic E-state index is -0.298. The van der Waals surface area contributed by atoms with Gasteiger partial charge < -0.3 is 10.6 Å². The summed E-state index contributed by atoms with van der Waals surface area (Å²) < 4.78 is 14.8. The Balaban J connectivity index is 1.53. The second-order valence-corrected chi connectivity index (χ2v) is 7.22. The maximum absolute atomic E-state index is 13.1. The molecule has 0 spiro atoms. The van der Waals surface area contributed by atoms with Crippen molar-refractivity contribution in [2.45, 2.75) is 39.7 Å². The normalized spacial score (nSPS) is 19.4. The van der Waals surface area contributed by atoms with Crippen molar-refractivity contribution >= 4 is 11.8 Å². The lowest BCUT2D eigenvalue weighted by Crippen LogP contribution is -2.33. The lowest BCUT2D eigenvalue weighted by Gasteiger charge is -2.14. The third-order valence-corrected chi connectivity index (χ3v) is 5.06. The molecule has 0 bridgehead atoms. The molecule has 1 heterocycles. The van der Waals surface area contributed by atoms with Gasteiger partial charge in [0.25, 0.3) is 0 Å². The molecule has 0 unspecified atom stereocenters. The fraction of sp³-hybridized carbons (Fsp3) is 0.450. The summed E-state index contributed by atoms with van der Waals surface area (Å²) in [5, 5.41) is 10.1. The quantitative estimate of drug-likeness (QED) is 0.785. The molecule has 2 N–H and O–H groups in total. The van der Waals surface area contributed by atoms with Gasteiger partial charge in [-0.25, -0.2) is 9.07 Å². The number of benzene rings is 1. The third kappa shape index (κ3) is 4.53. The molecule has 1 aliphatic carbocycles. The fourth-order valence-corrected chi connectivity index (χ4v) is 3.20. The van der Waals surface area contributed by atoms with Crippen LogP contribution < -0.4 is 10.6 Å². The molecule has 6 nitrogen and oxygen atoms in total. The second-order valence-electron chi connectivity index (χ2n) is 7.22. The van der Waals surface area contributed by atoms with Gasteiger partial charge in [-0.2, -0.15) is 5.10 Å². The van der Waals surface area contributed by atoms with Gasteiger partial charge in [0.2, 0.25) is 11.8 Å². The van der Waals surface area contributed by atoms with Gasteiger partial charge in [-0.3, -0.25) is 9.59 Å². The molecular weight excluding hydrogens is 347 g/mol. The van der Waals surface area contributed by atoms with Crippen LogP contribution >= 0.6 is 0 Å². The highest BCUT2D eigenvalue weighted by molar-refractivity contribution is 5.82. The number of aromatic nitrogens is 2. The lowest BCUT2D eigenvalue weighted by atomic mass is 10.1. The Kier molecular flexibility index (Phi) is 5.58. The molecule has 0 saturated heterocycles. The van der Waals surface area contributed by atoms with Gasteiger partial charge >= 0.3 is 0 Å². The highest BCUT2D eigenvalue weighted by atomic mass is 19.1. The smallest absolute Gasteiger partial charge is 0.223 e. The van der Waals surface area contributed by atoms with E-state index in [0.29, 0.717) is 12.5 Å². The molecule has 1 aromatic heterocycles. The maximum Gasteiger partial charge on any atom is 0.223 e. The Morgan fingerprint density at radius 2 is 2.00 bits per heavy atom. The molecule has 7 heteroatoms. The standard InChI is InChI=1S/C20H25FN4O2/c1-12-10-17(12)20(27)22-9-8-19(26)24-13(2)18-11-23-25(14(18)3)16-6-4-15(21)5-7-16/h4-7,11-13,17H,8-10H2,1-3H3,(H,22,27)(H,24,26)/t12-,13+,17-/m1/s1. The van der Waals surface area contributed by atoms with Crippen LogP contribution in [0.25, 0.3) is 5.69 Å². The Morgan fingerprint density at radius 3 is 2.63 bits per heavy atom. The molecule has 1 saturated carbocycles. The van der Waals surface area contributed by atoms with Crippen molar-refractivity contribution in [1.82, 2.24) is 20.4 Å². The zero-order valence-electron chi connectivity index (χ0n) is 15.8. The summed E-state index contributed by atoms with van der Waals surface area (Å²) >= 11 is 0. The first-order valence-electron chi connectivity index (χ1n) is 9.24. The second kappa shape index (κ2) is 7.90. The van der Waals surface area contributed by atoms with E-state index >= 15 is 0 Å². The SMILES string of the molecule is Cc1c([C@H](C)NC(=O)CCNC(=O)[C@@H]2C[C@H]2C)cnn1-c1ccc(F)cc1. The van der Waals surface area contributed by atoms with Crippen LogP contribution in [0.1, 0.15) is 44.0 Å². The van der Waals surface area contributed by atoms with Crippen LogP contribution in [0.5, 0.6) is 0 Å². The van der Waals surface area contributed by atoms with E-state index in [0.717, 1.165) is 23.4 Å². The van der Waals surface area contributed by atoms with Crippen LogP contribution in [0.4, 0.5) is 4.39 Å². The first kappa shape index (κ1) is 19.1. The van der Waals surface area contributed by atoms with Crippen LogP contribution in [0, 0.1) is 24.6 Å². The van der Waals surface area contributed by atoms with Crippen LogP contribution in [-0.4, -0.2) is 28.1 Å². The number of rotatable bonds is 7. The number of carbonyl (C=O) groups is 2. The van der Waals surface area contributed by atoms with E-state index in [4.69, 9.17) is 0 Å². The van der Waals surface area contributed by atoms with E-state index in [2.05, 4.69) is 15.7 Å². The number of carbonyl (C=O) groups excluding carboxylic acids is 2. The van der Waals surface area contributed by atoms with E-state index in [9.17, 15) is 14.0 Å². The number of halogens is 1. The number of nitrogens with one attached hydrogen (secondary N) is 2. The fourth-order valence-electron chi connectivity index (χ4n) is 3.20. The van der Waals surface area contributed by atoms with Crippen LogP contribution in [0.2, 0.25) is 0 Å². The minimum absolute atomic E-state index is 0.0415. The van der Waals surface area contributed by atoms with E-state index in [1.165, 1.54) is 12.1 Å². The van der Waals surface area contributed by atoms with Gasteiger partial charge in [-0.05, 0) is 50.5 Å². The van der Waals surface area contributed by atoms with Crippen molar-refractivity contribution in [2.24, 2.45) is 11.8 Å². The van der Waals surface area contributed by atoms with E-state index in [-0.39, 0.29) is 36.0 Å².